The van der Waals surface area contributed by atoms with Gasteiger partial charge in [0.05, 0.1) is 27.4 Å². The summed E-state index contributed by atoms with van der Waals surface area (Å²) in [5, 5.41) is 10.2. The molecule has 1 heterocycles. The minimum atomic E-state index is -4.84. The molecule has 0 spiro atoms. The van der Waals surface area contributed by atoms with Crippen LogP contribution in [0.4, 0.5) is 0 Å². The van der Waals surface area contributed by atoms with Crippen LogP contribution >= 0.6 is 7.82 Å². The van der Waals surface area contributed by atoms with Crippen LogP contribution in [0.2, 0.25) is 0 Å². The van der Waals surface area contributed by atoms with Gasteiger partial charge in [-0.1, -0.05) is 12.5 Å². The lowest BCUT2D eigenvalue weighted by molar-refractivity contribution is -0.960. The van der Waals surface area contributed by atoms with E-state index in [-0.39, 0.29) is 18.9 Å². The van der Waals surface area contributed by atoms with E-state index in [4.69, 9.17) is 23.6 Å². The summed E-state index contributed by atoms with van der Waals surface area (Å²) in [6.07, 6.45) is 4.51. The van der Waals surface area contributed by atoms with Gasteiger partial charge in [0.15, 0.2) is 18.2 Å². The lowest BCUT2D eigenvalue weighted by Gasteiger charge is -2.46. The molecular formula is C21H34NO8P. The Hall–Kier alpha value is -1.19. The van der Waals surface area contributed by atoms with Crippen molar-refractivity contribution in [1.29, 1.82) is 0 Å². The van der Waals surface area contributed by atoms with Gasteiger partial charge >= 0.3 is 0 Å². The minimum Gasteiger partial charge on any atom is -0.756 e. The third-order valence-corrected chi connectivity index (χ3v) is 6.94. The molecule has 1 saturated carbocycles. The quantitative estimate of drug-likeness (QED) is 0.400. The fourth-order valence-corrected chi connectivity index (χ4v) is 5.35. The summed E-state index contributed by atoms with van der Waals surface area (Å²) < 4.78 is 33.3. The number of aliphatic hydroxyl groups excluding tert-OH is 1. The molecule has 9 nitrogen and oxygen atoms in total. The van der Waals surface area contributed by atoms with Gasteiger partial charge in [-0.15, -0.1) is 0 Å². The van der Waals surface area contributed by atoms with Crippen LogP contribution in [0, 0.1) is 0 Å². The standard InChI is InChI=1S/C21H34NO8P/c1-27-20-8-7-16(13-21(20)28-2)10-12-29-19-6-4-3-5-18(19)22(11-9-17(23)14-22)15-30-31(24,25)26/h7-8,13,17-19,23H,3-6,9-12,14-15H2,1-2H3,(H-,24,25,26)/t17-,18-,19+,22-/m1/s1. The second-order valence-electron chi connectivity index (χ2n) is 8.49. The summed E-state index contributed by atoms with van der Waals surface area (Å²) in [5.41, 5.74) is 1.07. The minimum absolute atomic E-state index is 0.0165. The zero-order chi connectivity index (χ0) is 22.5. The lowest BCUT2D eigenvalue weighted by atomic mass is 9.89. The molecular weight excluding hydrogens is 425 g/mol. The predicted molar refractivity (Wildman–Crippen MR) is 112 cm³/mol. The fraction of sp³-hybridized carbons (Fsp3) is 0.714. The van der Waals surface area contributed by atoms with Crippen LogP contribution in [0.25, 0.3) is 0 Å². The average Bonchev–Trinajstić information content (AvgIpc) is 3.14. The van der Waals surface area contributed by atoms with E-state index < -0.39 is 13.9 Å². The summed E-state index contributed by atoms with van der Waals surface area (Å²) in [6.45, 7) is 1.34. The molecule has 31 heavy (non-hydrogen) atoms. The number of ether oxygens (including phenoxy) is 3. The summed E-state index contributed by atoms with van der Waals surface area (Å²) in [5.74, 6) is 1.35. The first-order valence-electron chi connectivity index (χ1n) is 10.8. The van der Waals surface area contributed by atoms with Crippen molar-refractivity contribution in [3.8, 4) is 11.5 Å². The van der Waals surface area contributed by atoms with Crippen molar-refractivity contribution in [2.75, 3.05) is 40.6 Å². The van der Waals surface area contributed by atoms with Crippen LogP contribution in [0.1, 0.15) is 37.7 Å². The maximum absolute atomic E-state index is 11.2. The topological polar surface area (TPSA) is 118 Å². The molecule has 0 bridgehead atoms. The summed E-state index contributed by atoms with van der Waals surface area (Å²) in [6, 6.07) is 5.81. The average molecular weight is 459 g/mol. The third kappa shape index (κ3) is 6.42. The number of likely N-dealkylation sites (tertiary alicyclic amines) is 1. The van der Waals surface area contributed by atoms with E-state index >= 15 is 0 Å². The molecule has 0 radical (unpaired) electrons. The SMILES string of the molecule is COc1ccc(CCO[C@H]2CCCC[C@H]2[N@+]2(COP(=O)([O-])O)CC[C@@H](O)C2)cc1OC. The first kappa shape index (κ1) is 24.5. The predicted octanol–water partition coefficient (Wildman–Crippen LogP) is 1.59. The molecule has 1 saturated heterocycles. The normalized spacial score (nSPS) is 30.7. The number of phosphoric ester groups is 1. The summed E-state index contributed by atoms with van der Waals surface area (Å²) >= 11 is 0. The Bertz CT molecular complexity index is 772. The molecule has 2 fully saturated rings. The van der Waals surface area contributed by atoms with Gasteiger partial charge in [0.25, 0.3) is 7.82 Å². The highest BCUT2D eigenvalue weighted by atomic mass is 31.2. The molecule has 5 atom stereocenters. The van der Waals surface area contributed by atoms with Crippen LogP contribution in [-0.2, 0) is 20.2 Å². The highest BCUT2D eigenvalue weighted by Gasteiger charge is 2.48. The van der Waals surface area contributed by atoms with E-state index in [1.807, 2.05) is 18.2 Å². The van der Waals surface area contributed by atoms with Crippen molar-refractivity contribution in [2.45, 2.75) is 56.8 Å². The Balaban J connectivity index is 1.66. The van der Waals surface area contributed by atoms with Crippen molar-refractivity contribution in [3.05, 3.63) is 23.8 Å². The zero-order valence-corrected chi connectivity index (χ0v) is 19.2. The molecule has 0 amide bonds. The number of hydrogen-bond acceptors (Lipinski definition) is 7. The van der Waals surface area contributed by atoms with Gasteiger partial charge in [0.1, 0.15) is 24.8 Å². The molecule has 0 aromatic heterocycles. The van der Waals surface area contributed by atoms with E-state index in [1.54, 1.807) is 14.2 Å². The van der Waals surface area contributed by atoms with Crippen molar-refractivity contribution < 1.29 is 42.7 Å². The Morgan fingerprint density at radius 3 is 2.55 bits per heavy atom. The number of methoxy groups -OCH3 is 2. The smallest absolute Gasteiger partial charge is 0.269 e. The molecule has 2 aliphatic rings. The first-order valence-corrected chi connectivity index (χ1v) is 12.3. The number of hydrogen-bond donors (Lipinski definition) is 2. The number of rotatable bonds is 10. The molecule has 2 N–H and O–H groups in total. The van der Waals surface area contributed by atoms with Crippen molar-refractivity contribution in [3.63, 3.8) is 0 Å². The fourth-order valence-electron chi connectivity index (χ4n) is 4.97. The Morgan fingerprint density at radius 1 is 1.16 bits per heavy atom. The van der Waals surface area contributed by atoms with E-state index in [0.29, 0.717) is 48.5 Å². The van der Waals surface area contributed by atoms with Gasteiger partial charge in [0, 0.05) is 12.8 Å². The van der Waals surface area contributed by atoms with Gasteiger partial charge in [0.2, 0.25) is 0 Å². The number of aliphatic hydroxyl groups is 1. The number of benzene rings is 1. The summed E-state index contributed by atoms with van der Waals surface area (Å²) in [4.78, 5) is 20.4. The molecule has 1 aromatic rings. The van der Waals surface area contributed by atoms with Crippen LogP contribution in [0.5, 0.6) is 11.5 Å². The molecule has 1 aliphatic heterocycles. The maximum Gasteiger partial charge on any atom is 0.269 e. The summed E-state index contributed by atoms with van der Waals surface area (Å²) in [7, 11) is -1.63. The Labute approximate surface area is 183 Å². The molecule has 1 aliphatic carbocycles. The van der Waals surface area contributed by atoms with Crippen molar-refractivity contribution >= 4 is 7.82 Å². The third-order valence-electron chi connectivity index (χ3n) is 6.50. The monoisotopic (exact) mass is 459 g/mol. The van der Waals surface area contributed by atoms with Crippen molar-refractivity contribution in [2.24, 2.45) is 0 Å². The molecule has 176 valence electrons. The van der Waals surface area contributed by atoms with Gasteiger partial charge in [-0.3, -0.25) is 13.6 Å². The van der Waals surface area contributed by atoms with Gasteiger partial charge in [-0.2, -0.15) is 0 Å². The number of nitrogens with zero attached hydrogens (tertiary/aromatic N) is 1. The molecule has 3 rings (SSSR count). The van der Waals surface area contributed by atoms with Crippen LogP contribution in [-0.4, -0.2) is 73.4 Å². The van der Waals surface area contributed by atoms with Gasteiger partial charge in [-0.25, -0.2) is 0 Å². The molecule has 10 heteroatoms. The van der Waals surface area contributed by atoms with Crippen LogP contribution in [0.3, 0.4) is 0 Å². The van der Waals surface area contributed by atoms with E-state index in [2.05, 4.69) is 0 Å². The largest absolute Gasteiger partial charge is 0.756 e. The second kappa shape index (κ2) is 10.6. The van der Waals surface area contributed by atoms with Gasteiger partial charge in [-0.05, 0) is 37.0 Å². The van der Waals surface area contributed by atoms with Crippen LogP contribution < -0.4 is 14.4 Å². The Morgan fingerprint density at radius 2 is 1.90 bits per heavy atom. The number of quaternary nitrogens is 1. The highest BCUT2D eigenvalue weighted by molar-refractivity contribution is 7.44. The second-order valence-corrected chi connectivity index (χ2v) is 9.69. The van der Waals surface area contributed by atoms with E-state index in [9.17, 15) is 14.6 Å². The Kier molecular flexibility index (Phi) is 8.37. The first-order chi connectivity index (χ1) is 14.8. The molecule has 1 aromatic carbocycles. The van der Waals surface area contributed by atoms with E-state index in [0.717, 1.165) is 31.2 Å². The lowest BCUT2D eigenvalue weighted by Crippen LogP contribution is -2.61. The number of phosphoric acid groups is 1. The van der Waals surface area contributed by atoms with Crippen molar-refractivity contribution in [1.82, 2.24) is 0 Å². The molecule has 1 unspecified atom stereocenters. The maximum atomic E-state index is 11.2. The van der Waals surface area contributed by atoms with Crippen LogP contribution in [0.15, 0.2) is 18.2 Å². The highest BCUT2D eigenvalue weighted by Crippen LogP contribution is 2.39. The zero-order valence-electron chi connectivity index (χ0n) is 18.3. The van der Waals surface area contributed by atoms with E-state index in [1.165, 1.54) is 0 Å². The van der Waals surface area contributed by atoms with Gasteiger partial charge < -0.3 is 29.1 Å².